The summed E-state index contributed by atoms with van der Waals surface area (Å²) < 4.78 is 22.3. The summed E-state index contributed by atoms with van der Waals surface area (Å²) in [6.07, 6.45) is 0.995. The van der Waals surface area contributed by atoms with E-state index in [-0.39, 0.29) is 32.1 Å². The average molecular weight is 214 g/mol. The molecule has 3 rings (SSSR count). The minimum absolute atomic E-state index is 0.00722. The van der Waals surface area contributed by atoms with Gasteiger partial charge in [-0.1, -0.05) is 0 Å². The lowest BCUT2D eigenvalue weighted by Gasteiger charge is -2.44. The van der Waals surface area contributed by atoms with Crippen LogP contribution in [0, 0.1) is 5.81 Å². The molecule has 2 fully saturated rings. The van der Waals surface area contributed by atoms with Crippen LogP contribution in [0.1, 0.15) is 6.42 Å². The summed E-state index contributed by atoms with van der Waals surface area (Å²) in [6, 6.07) is 0.0954. The Morgan fingerprint density at radius 2 is 2.36 bits per heavy atom. The molecule has 5 atom stereocenters. The van der Waals surface area contributed by atoms with Crippen LogP contribution in [0.4, 0.5) is 0 Å². The summed E-state index contributed by atoms with van der Waals surface area (Å²) in [4.78, 5) is 0. The van der Waals surface area contributed by atoms with Crippen molar-refractivity contribution in [3.63, 3.8) is 0 Å². The highest BCUT2D eigenvalue weighted by Crippen LogP contribution is 2.44. The van der Waals surface area contributed by atoms with Crippen LogP contribution in [0.3, 0.4) is 0 Å². The van der Waals surface area contributed by atoms with Crippen molar-refractivity contribution in [2.75, 3.05) is 13.2 Å². The van der Waals surface area contributed by atoms with E-state index in [0.717, 1.165) is 13.0 Å². The molecule has 0 bridgehead atoms. The number of hydrogen-bond acceptors (Lipinski definition) is 4. The van der Waals surface area contributed by atoms with Crippen molar-refractivity contribution in [3.8, 4) is 5.81 Å². The molecule has 2 saturated heterocycles. The molecule has 4 nitrogen and oxygen atoms in total. The van der Waals surface area contributed by atoms with Crippen molar-refractivity contribution >= 4 is 16.1 Å². The standard InChI is InChI=1S/C8H12BO4P/c9-7-8(1-2-11-8)6-5(13-7)3-12-14-4-10-6/h5-7,14H,1-3,9H2/t5?,6-,7?,8-/m1/s1. The maximum Gasteiger partial charge on any atom is 0.143 e. The molecule has 1 spiro atoms. The van der Waals surface area contributed by atoms with Crippen LogP contribution in [0.25, 0.3) is 0 Å². The zero-order valence-electron chi connectivity index (χ0n) is 7.99. The van der Waals surface area contributed by atoms with Gasteiger partial charge < -0.3 is 14.0 Å². The van der Waals surface area contributed by atoms with Gasteiger partial charge in [-0.2, -0.15) is 0 Å². The van der Waals surface area contributed by atoms with E-state index >= 15 is 0 Å². The second kappa shape index (κ2) is 3.24. The zero-order chi connectivity index (χ0) is 9.60. The van der Waals surface area contributed by atoms with Crippen LogP contribution >= 0.6 is 8.26 Å². The van der Waals surface area contributed by atoms with E-state index in [2.05, 4.69) is 5.81 Å². The smallest absolute Gasteiger partial charge is 0.143 e. The Kier molecular flexibility index (Phi) is 2.14. The normalized spacial score (nSPS) is 51.9. The first-order chi connectivity index (χ1) is 6.83. The summed E-state index contributed by atoms with van der Waals surface area (Å²) in [5, 5.41) is 0. The van der Waals surface area contributed by atoms with Crippen molar-refractivity contribution in [1.29, 1.82) is 0 Å². The van der Waals surface area contributed by atoms with Gasteiger partial charge in [-0.3, -0.25) is 4.74 Å². The van der Waals surface area contributed by atoms with Gasteiger partial charge in [0.25, 0.3) is 0 Å². The van der Waals surface area contributed by atoms with Gasteiger partial charge >= 0.3 is 0 Å². The molecule has 0 amide bonds. The molecular formula is C8H12BO4P. The molecule has 3 heterocycles. The minimum Gasteiger partial charge on any atom is -0.376 e. The van der Waals surface area contributed by atoms with Gasteiger partial charge in [-0.05, 0) is 0 Å². The zero-order valence-corrected chi connectivity index (χ0v) is 8.99. The third-order valence-corrected chi connectivity index (χ3v) is 3.81. The molecule has 14 heavy (non-hydrogen) atoms. The van der Waals surface area contributed by atoms with Gasteiger partial charge in [0, 0.05) is 20.5 Å². The van der Waals surface area contributed by atoms with Crippen molar-refractivity contribution in [3.05, 3.63) is 0 Å². The Balaban J connectivity index is 1.89. The largest absolute Gasteiger partial charge is 0.376 e. The number of fused-ring (bicyclic) bond motifs is 2. The minimum atomic E-state index is -0.226. The number of ether oxygens (including phenoxy) is 3. The summed E-state index contributed by atoms with van der Waals surface area (Å²) in [7, 11) is 2.23. The average Bonchev–Trinajstić information content (AvgIpc) is 2.29. The first kappa shape index (κ1) is 9.23. The van der Waals surface area contributed by atoms with E-state index < -0.39 is 0 Å². The van der Waals surface area contributed by atoms with Crippen LogP contribution in [-0.4, -0.2) is 44.9 Å². The Bertz CT molecular complexity index is 308. The molecule has 6 heteroatoms. The number of rotatable bonds is 0. The first-order valence-corrected chi connectivity index (χ1v) is 5.80. The van der Waals surface area contributed by atoms with Crippen LogP contribution in [-0.2, 0) is 18.7 Å². The van der Waals surface area contributed by atoms with E-state index in [1.165, 1.54) is 0 Å². The van der Waals surface area contributed by atoms with Gasteiger partial charge in [-0.25, -0.2) is 0 Å². The van der Waals surface area contributed by atoms with E-state index in [4.69, 9.17) is 18.7 Å². The quantitative estimate of drug-likeness (QED) is 0.399. The van der Waals surface area contributed by atoms with Crippen molar-refractivity contribution in [2.24, 2.45) is 0 Å². The summed E-state index contributed by atoms with van der Waals surface area (Å²) in [6.45, 7) is 1.40. The lowest BCUT2D eigenvalue weighted by Crippen LogP contribution is -2.58. The van der Waals surface area contributed by atoms with Crippen LogP contribution < -0.4 is 0 Å². The first-order valence-electron chi connectivity index (χ1n) is 4.90. The molecule has 0 aromatic heterocycles. The SMILES string of the molecule is BC1OC2CO[PH]#CO[C@H]2[C@]12CCO2. The molecule has 3 aliphatic rings. The molecule has 0 aromatic carbocycles. The van der Waals surface area contributed by atoms with Gasteiger partial charge in [0.15, 0.2) is 0 Å². The molecule has 0 aromatic rings. The van der Waals surface area contributed by atoms with E-state index in [0.29, 0.717) is 6.61 Å². The Morgan fingerprint density at radius 1 is 1.50 bits per heavy atom. The summed E-state index contributed by atoms with van der Waals surface area (Å²) >= 11 is 0. The molecule has 3 unspecified atom stereocenters. The molecular weight excluding hydrogens is 202 g/mol. The second-order valence-electron chi connectivity index (χ2n) is 3.92. The topological polar surface area (TPSA) is 36.9 Å². The van der Waals surface area contributed by atoms with Gasteiger partial charge in [0.2, 0.25) is 0 Å². The van der Waals surface area contributed by atoms with E-state index in [9.17, 15) is 0 Å². The Morgan fingerprint density at radius 3 is 3.07 bits per heavy atom. The molecule has 0 N–H and O–H groups in total. The second-order valence-corrected chi connectivity index (χ2v) is 4.62. The fourth-order valence-corrected chi connectivity index (χ4v) is 2.90. The Labute approximate surface area is 84.8 Å². The molecule has 0 radical (unpaired) electrons. The van der Waals surface area contributed by atoms with Crippen LogP contribution in [0.5, 0.6) is 0 Å². The summed E-state index contributed by atoms with van der Waals surface area (Å²) in [5.41, 5.74) is -0.226. The monoisotopic (exact) mass is 214 g/mol. The predicted octanol–water partition coefficient (Wildman–Crippen LogP) is -0.571. The highest BCUT2D eigenvalue weighted by molar-refractivity contribution is 7.20. The molecule has 0 aliphatic carbocycles. The van der Waals surface area contributed by atoms with Crippen molar-refractivity contribution in [1.82, 2.24) is 0 Å². The fourth-order valence-electron chi connectivity index (χ4n) is 2.42. The summed E-state index contributed by atoms with van der Waals surface area (Å²) in [5.74, 6) is 2.81. The van der Waals surface area contributed by atoms with Gasteiger partial charge in [0.05, 0.1) is 19.2 Å². The number of hydrogen-bond donors (Lipinski definition) is 0. The highest BCUT2D eigenvalue weighted by Gasteiger charge is 2.60. The van der Waals surface area contributed by atoms with E-state index in [1.807, 2.05) is 7.85 Å². The maximum absolute atomic E-state index is 5.79. The lowest BCUT2D eigenvalue weighted by molar-refractivity contribution is -0.193. The third kappa shape index (κ3) is 1.12. The molecule has 76 valence electrons. The highest BCUT2D eigenvalue weighted by atomic mass is 31.1. The fraction of sp³-hybridized carbons (Fsp3) is 0.875. The Hall–Kier alpha value is -0.0151. The van der Waals surface area contributed by atoms with Gasteiger partial charge in [-0.15, -0.1) is 0 Å². The van der Waals surface area contributed by atoms with Crippen molar-refractivity contribution in [2.45, 2.75) is 30.2 Å². The molecule has 3 aliphatic heterocycles. The third-order valence-electron chi connectivity index (χ3n) is 3.30. The van der Waals surface area contributed by atoms with Gasteiger partial charge in [0.1, 0.15) is 25.7 Å². The van der Waals surface area contributed by atoms with Crippen LogP contribution in [0.15, 0.2) is 0 Å². The van der Waals surface area contributed by atoms with Crippen molar-refractivity contribution < 1.29 is 18.7 Å². The van der Waals surface area contributed by atoms with Crippen LogP contribution in [0.2, 0.25) is 0 Å². The maximum atomic E-state index is 5.79. The molecule has 0 saturated carbocycles. The lowest BCUT2D eigenvalue weighted by atomic mass is 9.75. The van der Waals surface area contributed by atoms with E-state index in [1.54, 1.807) is 0 Å². The predicted molar refractivity (Wildman–Crippen MR) is 53.5 cm³/mol.